The van der Waals surface area contributed by atoms with Crippen LogP contribution in [0.3, 0.4) is 0 Å². The minimum atomic E-state index is -0.503. The third-order valence-corrected chi connectivity index (χ3v) is 3.61. The minimum absolute atomic E-state index is 0.00542. The summed E-state index contributed by atoms with van der Waals surface area (Å²) in [5.74, 6) is -0.0673. The molecule has 2 aromatic rings. The van der Waals surface area contributed by atoms with Crippen LogP contribution in [-0.4, -0.2) is 13.0 Å². The molecule has 0 fully saturated rings. The maximum atomic E-state index is 12.3. The molecule has 0 spiro atoms. The van der Waals surface area contributed by atoms with E-state index >= 15 is 0 Å². The van der Waals surface area contributed by atoms with Crippen LogP contribution in [0.15, 0.2) is 48.0 Å². The van der Waals surface area contributed by atoms with Gasteiger partial charge in [-0.3, -0.25) is 4.79 Å². The summed E-state index contributed by atoms with van der Waals surface area (Å²) < 4.78 is 5.21. The smallest absolute Gasteiger partial charge is 0.266 e. The number of hydrogen-bond donors (Lipinski definition) is 1. The molecule has 0 aliphatic carbocycles. The number of nitrogens with zero attached hydrogens (tertiary/aromatic N) is 1. The van der Waals surface area contributed by atoms with Crippen LogP contribution in [0.5, 0.6) is 5.75 Å². The zero-order valence-corrected chi connectivity index (χ0v) is 13.5. The van der Waals surface area contributed by atoms with Crippen molar-refractivity contribution >= 4 is 29.3 Å². The predicted molar refractivity (Wildman–Crippen MR) is 91.4 cm³/mol. The fourth-order valence-electron chi connectivity index (χ4n) is 1.98. The lowest BCUT2D eigenvalue weighted by atomic mass is 10.1. The number of halogens is 1. The van der Waals surface area contributed by atoms with Gasteiger partial charge in [0, 0.05) is 11.1 Å². The van der Waals surface area contributed by atoms with Crippen molar-refractivity contribution in [1.82, 2.24) is 0 Å². The molecule has 0 saturated carbocycles. The molecule has 5 heteroatoms. The van der Waals surface area contributed by atoms with E-state index in [1.54, 1.807) is 12.1 Å². The molecule has 0 saturated heterocycles. The van der Waals surface area contributed by atoms with E-state index in [1.165, 1.54) is 13.2 Å². The van der Waals surface area contributed by atoms with Gasteiger partial charge < -0.3 is 10.1 Å². The van der Waals surface area contributed by atoms with E-state index in [9.17, 15) is 10.1 Å². The largest absolute Gasteiger partial charge is 0.495 e. The van der Waals surface area contributed by atoms with Crippen LogP contribution in [0.1, 0.15) is 11.1 Å². The first-order valence-corrected chi connectivity index (χ1v) is 7.25. The third-order valence-electron chi connectivity index (χ3n) is 3.20. The second-order valence-corrected chi connectivity index (χ2v) is 5.24. The number of carbonyl (C=O) groups excluding carboxylic acids is 1. The van der Waals surface area contributed by atoms with Gasteiger partial charge in [-0.25, -0.2) is 0 Å². The fraction of sp³-hybridized carbons (Fsp3) is 0.111. The summed E-state index contributed by atoms with van der Waals surface area (Å²) in [5.41, 5.74) is 2.05. The molecule has 0 aliphatic heterocycles. The maximum absolute atomic E-state index is 12.3. The number of anilines is 1. The molecule has 0 bridgehead atoms. The van der Waals surface area contributed by atoms with Crippen molar-refractivity contribution in [3.05, 3.63) is 64.2 Å². The van der Waals surface area contributed by atoms with Gasteiger partial charge in [0.25, 0.3) is 5.91 Å². The van der Waals surface area contributed by atoms with Crippen LogP contribution in [0.25, 0.3) is 6.08 Å². The number of benzene rings is 2. The molecule has 116 valence electrons. The highest BCUT2D eigenvalue weighted by Crippen LogP contribution is 2.31. The summed E-state index contributed by atoms with van der Waals surface area (Å²) >= 11 is 6.04. The number of ether oxygens (including phenoxy) is 1. The van der Waals surface area contributed by atoms with Gasteiger partial charge in [-0.1, -0.05) is 41.9 Å². The van der Waals surface area contributed by atoms with Crippen LogP contribution in [0, 0.1) is 18.3 Å². The van der Waals surface area contributed by atoms with Gasteiger partial charge in [-0.15, -0.1) is 0 Å². The Balaban J connectivity index is 2.29. The van der Waals surface area contributed by atoms with Crippen molar-refractivity contribution in [2.24, 2.45) is 0 Å². The first kappa shape index (κ1) is 16.6. The van der Waals surface area contributed by atoms with Crippen LogP contribution < -0.4 is 10.1 Å². The molecule has 23 heavy (non-hydrogen) atoms. The van der Waals surface area contributed by atoms with Gasteiger partial charge in [0.15, 0.2) is 0 Å². The second kappa shape index (κ2) is 7.48. The SMILES string of the molecule is COc1cc(Cl)c(C)cc1NC(=O)/C(C#N)=C/c1ccccc1. The molecule has 4 nitrogen and oxygen atoms in total. The molecule has 0 atom stereocenters. The Morgan fingerprint density at radius 3 is 2.61 bits per heavy atom. The first-order valence-electron chi connectivity index (χ1n) is 6.87. The van der Waals surface area contributed by atoms with E-state index in [1.807, 2.05) is 43.3 Å². The predicted octanol–water partition coefficient (Wildman–Crippen LogP) is 4.20. The highest BCUT2D eigenvalue weighted by atomic mass is 35.5. The monoisotopic (exact) mass is 326 g/mol. The highest BCUT2D eigenvalue weighted by Gasteiger charge is 2.14. The van der Waals surface area contributed by atoms with Gasteiger partial charge in [0.1, 0.15) is 17.4 Å². The Kier molecular flexibility index (Phi) is 5.40. The first-order chi connectivity index (χ1) is 11.0. The Bertz CT molecular complexity index is 793. The molecule has 0 heterocycles. The van der Waals surface area contributed by atoms with Crippen molar-refractivity contribution in [1.29, 1.82) is 5.26 Å². The van der Waals surface area contributed by atoms with Crippen LogP contribution in [0.4, 0.5) is 5.69 Å². The van der Waals surface area contributed by atoms with Crippen molar-refractivity contribution in [2.45, 2.75) is 6.92 Å². The topological polar surface area (TPSA) is 62.1 Å². The van der Waals surface area contributed by atoms with Gasteiger partial charge in [-0.05, 0) is 30.2 Å². The van der Waals surface area contributed by atoms with Crippen molar-refractivity contribution in [3.63, 3.8) is 0 Å². The number of aryl methyl sites for hydroxylation is 1. The molecule has 0 aromatic heterocycles. The molecule has 0 unspecified atom stereocenters. The van der Waals surface area contributed by atoms with E-state index in [4.69, 9.17) is 16.3 Å². The lowest BCUT2D eigenvalue weighted by Gasteiger charge is -2.12. The van der Waals surface area contributed by atoms with E-state index in [2.05, 4.69) is 5.32 Å². The summed E-state index contributed by atoms with van der Waals surface area (Å²) in [7, 11) is 1.49. The average Bonchev–Trinajstić information content (AvgIpc) is 2.56. The van der Waals surface area contributed by atoms with Crippen molar-refractivity contribution < 1.29 is 9.53 Å². The zero-order valence-electron chi connectivity index (χ0n) is 12.8. The summed E-state index contributed by atoms with van der Waals surface area (Å²) in [6.07, 6.45) is 1.53. The number of hydrogen-bond acceptors (Lipinski definition) is 3. The second-order valence-electron chi connectivity index (χ2n) is 4.84. The number of rotatable bonds is 4. The average molecular weight is 327 g/mol. The zero-order chi connectivity index (χ0) is 16.8. The molecule has 2 rings (SSSR count). The van der Waals surface area contributed by atoms with E-state index in [-0.39, 0.29) is 5.57 Å². The standard InChI is InChI=1S/C18H15ClN2O2/c1-12-8-16(17(23-2)10-15(12)19)21-18(22)14(11-20)9-13-6-4-3-5-7-13/h3-10H,1-2H3,(H,21,22)/b14-9+. The third kappa shape index (κ3) is 4.12. The van der Waals surface area contributed by atoms with Crippen molar-refractivity contribution in [2.75, 3.05) is 12.4 Å². The van der Waals surface area contributed by atoms with E-state index in [0.29, 0.717) is 16.5 Å². The summed E-state index contributed by atoms with van der Waals surface area (Å²) in [4.78, 5) is 12.3. The van der Waals surface area contributed by atoms with Gasteiger partial charge in [-0.2, -0.15) is 5.26 Å². The number of nitriles is 1. The van der Waals surface area contributed by atoms with Crippen LogP contribution in [-0.2, 0) is 4.79 Å². The van der Waals surface area contributed by atoms with Gasteiger partial charge in [0.2, 0.25) is 0 Å². The Hall–Kier alpha value is -2.77. The Labute approximate surface area is 140 Å². The lowest BCUT2D eigenvalue weighted by molar-refractivity contribution is -0.112. The Morgan fingerprint density at radius 2 is 2.00 bits per heavy atom. The Morgan fingerprint density at radius 1 is 1.30 bits per heavy atom. The van der Waals surface area contributed by atoms with Gasteiger partial charge in [0.05, 0.1) is 12.8 Å². The molecule has 0 aliphatic rings. The normalized spacial score (nSPS) is 10.8. The molecule has 1 amide bonds. The fourth-order valence-corrected chi connectivity index (χ4v) is 2.14. The number of nitrogens with one attached hydrogen (secondary N) is 1. The van der Waals surface area contributed by atoms with Crippen LogP contribution >= 0.6 is 11.6 Å². The summed E-state index contributed by atoms with van der Waals surface area (Å²) in [6.45, 7) is 1.82. The molecular weight excluding hydrogens is 312 g/mol. The molecule has 2 aromatic carbocycles. The summed E-state index contributed by atoms with van der Waals surface area (Å²) in [6, 6.07) is 14.4. The molecule has 0 radical (unpaired) electrons. The minimum Gasteiger partial charge on any atom is -0.495 e. The quantitative estimate of drug-likeness (QED) is 0.676. The highest BCUT2D eigenvalue weighted by molar-refractivity contribution is 6.31. The molecular formula is C18H15ClN2O2. The van der Waals surface area contributed by atoms with E-state index < -0.39 is 5.91 Å². The number of methoxy groups -OCH3 is 1. The number of carbonyl (C=O) groups is 1. The van der Waals surface area contributed by atoms with Crippen LogP contribution in [0.2, 0.25) is 5.02 Å². The van der Waals surface area contributed by atoms with Gasteiger partial charge >= 0.3 is 0 Å². The summed E-state index contributed by atoms with van der Waals surface area (Å²) in [5, 5.41) is 12.5. The lowest BCUT2D eigenvalue weighted by Crippen LogP contribution is -2.14. The van der Waals surface area contributed by atoms with E-state index in [0.717, 1.165) is 11.1 Å². The van der Waals surface area contributed by atoms with Crippen molar-refractivity contribution in [3.8, 4) is 11.8 Å². The maximum Gasteiger partial charge on any atom is 0.266 e. The molecule has 1 N–H and O–H groups in total. The number of amides is 1.